The average molecular weight is 812 g/mol. The van der Waals surface area contributed by atoms with Gasteiger partial charge < -0.3 is 34.5 Å². The summed E-state index contributed by atoms with van der Waals surface area (Å²) < 4.78 is 51.5. The van der Waals surface area contributed by atoms with Gasteiger partial charge in [-0.1, -0.05) is 54.6 Å². The number of nitrogens with one attached hydrogen (secondary N) is 3. The molecule has 304 valence electrons. The van der Waals surface area contributed by atoms with E-state index in [4.69, 9.17) is 23.9 Å². The van der Waals surface area contributed by atoms with E-state index >= 15 is 0 Å². The van der Waals surface area contributed by atoms with Crippen molar-refractivity contribution in [3.8, 4) is 22.8 Å². The molecule has 1 saturated carbocycles. The Labute approximate surface area is 336 Å². The number of methoxy groups -OCH3 is 1. The standard InChI is InChI=1S/C42H45N5O10S/c1-6-26-22-42(26,39(50)46-58(52,53)29-15-11-8-12-16-29)45-37(48)33-20-28(23-47(33)38(49)36(35-24-55-35)44-40(51)57-41(2,3)4)56-34-21-31(25-13-9-7-10-14-25)43-32-19-27(54-5)17-18-30(32)34/h6-19,21,26,28,33,35-36H,1,20,22-24H2,2-5H3,(H,44,51)(H,45,48)(H,46,50)/t26?,28?,33-,35?,36-,42+/m0/s1. The van der Waals surface area contributed by atoms with Crippen molar-refractivity contribution < 1.29 is 46.5 Å². The summed E-state index contributed by atoms with van der Waals surface area (Å²) in [6.45, 7) is 8.94. The number of aromatic nitrogens is 1. The molecule has 15 nitrogen and oxygen atoms in total. The number of carbonyl (C=O) groups is 4. The lowest BCUT2D eigenvalue weighted by molar-refractivity contribution is -0.141. The third-order valence-electron chi connectivity index (χ3n) is 10.2. The SMILES string of the molecule is C=CC1C[C@]1(NC(=O)[C@@H]1CC(Oc2cc(-c3ccccc3)nc3cc(OC)ccc23)CN1C(=O)[C@@H](NC(=O)OC(C)(C)C)C1CO1)C(=O)NS(=O)(=O)c1ccccc1. The highest BCUT2D eigenvalue weighted by Gasteiger charge is 2.61. The lowest BCUT2D eigenvalue weighted by Crippen LogP contribution is -2.59. The van der Waals surface area contributed by atoms with E-state index < -0.39 is 75.2 Å². The quantitative estimate of drug-likeness (QED) is 0.130. The molecule has 2 aliphatic heterocycles. The fourth-order valence-corrected chi connectivity index (χ4v) is 8.16. The molecular formula is C42H45N5O10S. The number of fused-ring (bicyclic) bond motifs is 1. The van der Waals surface area contributed by atoms with E-state index in [-0.39, 0.29) is 30.9 Å². The Kier molecular flexibility index (Phi) is 10.9. The van der Waals surface area contributed by atoms with Gasteiger partial charge in [0.2, 0.25) is 11.8 Å². The van der Waals surface area contributed by atoms with Gasteiger partial charge in [-0.2, -0.15) is 0 Å². The van der Waals surface area contributed by atoms with Crippen LogP contribution in [0, 0.1) is 5.92 Å². The van der Waals surface area contributed by atoms with Gasteiger partial charge in [0.25, 0.3) is 15.9 Å². The highest BCUT2D eigenvalue weighted by Crippen LogP contribution is 2.45. The van der Waals surface area contributed by atoms with Crippen LogP contribution in [0.2, 0.25) is 0 Å². The van der Waals surface area contributed by atoms with E-state index in [0.29, 0.717) is 28.1 Å². The Morgan fingerprint density at radius 3 is 2.33 bits per heavy atom. The maximum Gasteiger partial charge on any atom is 0.408 e. The largest absolute Gasteiger partial charge is 0.497 e. The number of sulfonamides is 1. The smallest absolute Gasteiger partial charge is 0.408 e. The summed E-state index contributed by atoms with van der Waals surface area (Å²) in [5, 5.41) is 6.05. The molecule has 2 saturated heterocycles. The Morgan fingerprint density at radius 1 is 1.02 bits per heavy atom. The van der Waals surface area contributed by atoms with Crippen molar-refractivity contribution in [3.05, 3.63) is 97.6 Å². The molecule has 58 heavy (non-hydrogen) atoms. The predicted molar refractivity (Wildman–Crippen MR) is 212 cm³/mol. The van der Waals surface area contributed by atoms with Crippen molar-refractivity contribution in [1.82, 2.24) is 25.2 Å². The van der Waals surface area contributed by atoms with Gasteiger partial charge in [-0.05, 0) is 51.5 Å². The van der Waals surface area contributed by atoms with Crippen LogP contribution in [0.5, 0.6) is 11.5 Å². The lowest BCUT2D eigenvalue weighted by atomic mass is 10.1. The van der Waals surface area contributed by atoms with E-state index in [2.05, 4.69) is 21.9 Å². The second kappa shape index (κ2) is 15.7. The lowest BCUT2D eigenvalue weighted by Gasteiger charge is -2.29. The third kappa shape index (κ3) is 8.62. The number of hydrogen-bond acceptors (Lipinski definition) is 11. The molecule has 4 amide bonds. The molecule has 3 aromatic carbocycles. The van der Waals surface area contributed by atoms with Crippen LogP contribution in [0.4, 0.5) is 4.79 Å². The second-order valence-electron chi connectivity index (χ2n) is 15.5. The predicted octanol–water partition coefficient (Wildman–Crippen LogP) is 4.12. The summed E-state index contributed by atoms with van der Waals surface area (Å²) in [7, 11) is -2.73. The maximum absolute atomic E-state index is 14.5. The van der Waals surface area contributed by atoms with Crippen molar-refractivity contribution in [2.24, 2.45) is 5.92 Å². The van der Waals surface area contributed by atoms with Crippen molar-refractivity contribution in [1.29, 1.82) is 0 Å². The van der Waals surface area contributed by atoms with Gasteiger partial charge in [0, 0.05) is 35.4 Å². The van der Waals surface area contributed by atoms with E-state index in [1.165, 1.54) is 35.2 Å². The monoisotopic (exact) mass is 811 g/mol. The van der Waals surface area contributed by atoms with Gasteiger partial charge in [0.15, 0.2) is 0 Å². The summed E-state index contributed by atoms with van der Waals surface area (Å²) >= 11 is 0. The number of alkyl carbamates (subject to hydrolysis) is 1. The first-order valence-electron chi connectivity index (χ1n) is 18.8. The first-order valence-corrected chi connectivity index (χ1v) is 20.3. The molecule has 6 atom stereocenters. The van der Waals surface area contributed by atoms with Crippen molar-refractivity contribution in [2.45, 2.75) is 73.9 Å². The van der Waals surface area contributed by atoms with Crippen LogP contribution in [0.1, 0.15) is 33.6 Å². The van der Waals surface area contributed by atoms with Crippen molar-refractivity contribution >= 4 is 44.7 Å². The summed E-state index contributed by atoms with van der Waals surface area (Å²) in [5.41, 5.74) is -0.482. The molecule has 3 heterocycles. The molecule has 3 fully saturated rings. The molecule has 3 N–H and O–H groups in total. The van der Waals surface area contributed by atoms with E-state index in [1.807, 2.05) is 36.4 Å². The van der Waals surface area contributed by atoms with Gasteiger partial charge in [0.1, 0.15) is 46.9 Å². The number of nitrogens with zero attached hydrogens (tertiary/aromatic N) is 2. The van der Waals surface area contributed by atoms with Gasteiger partial charge in [-0.15, -0.1) is 6.58 Å². The molecule has 16 heteroatoms. The minimum atomic E-state index is -4.29. The molecule has 0 bridgehead atoms. The zero-order valence-electron chi connectivity index (χ0n) is 32.5. The van der Waals surface area contributed by atoms with Gasteiger partial charge >= 0.3 is 6.09 Å². The van der Waals surface area contributed by atoms with E-state index in [9.17, 15) is 27.6 Å². The first-order chi connectivity index (χ1) is 27.6. The van der Waals surface area contributed by atoms with Crippen molar-refractivity contribution in [2.75, 3.05) is 20.3 Å². The van der Waals surface area contributed by atoms with Gasteiger partial charge in [-0.3, -0.25) is 14.4 Å². The molecule has 1 aromatic heterocycles. The highest BCUT2D eigenvalue weighted by atomic mass is 32.2. The van der Waals surface area contributed by atoms with Crippen LogP contribution in [-0.4, -0.2) is 97.8 Å². The number of epoxide rings is 1. The molecular weight excluding hydrogens is 767 g/mol. The Hall–Kier alpha value is -6.00. The number of amides is 4. The zero-order valence-corrected chi connectivity index (χ0v) is 33.3. The minimum Gasteiger partial charge on any atom is -0.497 e. The van der Waals surface area contributed by atoms with Crippen LogP contribution >= 0.6 is 0 Å². The van der Waals surface area contributed by atoms with Gasteiger partial charge in [-0.25, -0.2) is 22.9 Å². The Bertz CT molecular complexity index is 2350. The fourth-order valence-electron chi connectivity index (χ4n) is 7.10. The fraction of sp³-hybridized carbons (Fsp3) is 0.357. The normalized spacial score (nSPS) is 22.9. The molecule has 1 aliphatic carbocycles. The summed E-state index contributed by atoms with van der Waals surface area (Å²) in [4.78, 5) is 61.7. The van der Waals surface area contributed by atoms with E-state index in [0.717, 1.165) is 5.56 Å². The van der Waals surface area contributed by atoms with Crippen molar-refractivity contribution in [3.63, 3.8) is 0 Å². The molecule has 0 spiro atoms. The Morgan fingerprint density at radius 2 is 1.71 bits per heavy atom. The number of likely N-dealkylation sites (tertiary alicyclic amines) is 1. The molecule has 4 aromatic rings. The number of hydrogen-bond donors (Lipinski definition) is 3. The average Bonchev–Trinajstić information content (AvgIpc) is 4.12. The van der Waals surface area contributed by atoms with E-state index in [1.54, 1.807) is 52.1 Å². The van der Waals surface area contributed by atoms with Gasteiger partial charge in [0.05, 0.1) is 36.4 Å². The molecule has 0 radical (unpaired) electrons. The van der Waals surface area contributed by atoms with Crippen LogP contribution in [0.3, 0.4) is 0 Å². The topological polar surface area (TPSA) is 195 Å². The molecule has 7 rings (SSSR count). The number of rotatable bonds is 13. The number of benzene rings is 3. The third-order valence-corrected chi connectivity index (χ3v) is 11.5. The minimum absolute atomic E-state index is 0.0261. The molecule has 3 unspecified atom stereocenters. The summed E-state index contributed by atoms with van der Waals surface area (Å²) in [5.74, 6) is -1.87. The molecule has 3 aliphatic rings. The van der Waals surface area contributed by atoms with Crippen LogP contribution < -0.4 is 24.8 Å². The second-order valence-corrected chi connectivity index (χ2v) is 17.2. The number of ether oxygens (including phenoxy) is 4. The summed E-state index contributed by atoms with van der Waals surface area (Å²) in [6, 6.07) is 21.6. The zero-order chi connectivity index (χ0) is 41.4. The summed E-state index contributed by atoms with van der Waals surface area (Å²) in [6.07, 6.45) is -0.768. The Balaban J connectivity index is 1.20. The van der Waals surface area contributed by atoms with Crippen LogP contribution in [-0.2, 0) is 33.9 Å². The number of pyridine rings is 1. The maximum atomic E-state index is 14.5. The first kappa shape index (κ1) is 40.2. The highest BCUT2D eigenvalue weighted by molar-refractivity contribution is 7.90. The van der Waals surface area contributed by atoms with Crippen LogP contribution in [0.25, 0.3) is 22.2 Å². The number of carbonyl (C=O) groups excluding carboxylic acids is 4. The van der Waals surface area contributed by atoms with Crippen LogP contribution in [0.15, 0.2) is 102 Å².